The lowest BCUT2D eigenvalue weighted by atomic mass is 9.47. The maximum atomic E-state index is 6.29. The lowest BCUT2D eigenvalue weighted by Crippen LogP contribution is -2.56. The summed E-state index contributed by atoms with van der Waals surface area (Å²) in [4.78, 5) is 0. The highest BCUT2D eigenvalue weighted by molar-refractivity contribution is 5.09. The van der Waals surface area contributed by atoms with E-state index in [0.29, 0.717) is 16.9 Å². The van der Waals surface area contributed by atoms with Crippen LogP contribution in [0.15, 0.2) is 0 Å². The third-order valence-electron chi connectivity index (χ3n) is 10.2. The van der Waals surface area contributed by atoms with Gasteiger partial charge in [0, 0.05) is 6.61 Å². The van der Waals surface area contributed by atoms with Gasteiger partial charge < -0.3 is 4.74 Å². The van der Waals surface area contributed by atoms with Gasteiger partial charge in [0.05, 0.1) is 6.10 Å². The Morgan fingerprint density at radius 2 is 1.63 bits per heavy atom. The summed E-state index contributed by atoms with van der Waals surface area (Å²) in [6.45, 7) is 13.7. The molecule has 0 unspecified atom stereocenters. The van der Waals surface area contributed by atoms with E-state index in [0.717, 1.165) is 42.1 Å². The Hall–Kier alpha value is -0.0400. The van der Waals surface area contributed by atoms with Gasteiger partial charge in [0.25, 0.3) is 0 Å². The zero-order valence-electron chi connectivity index (χ0n) is 18.9. The largest absolute Gasteiger partial charge is 0.378 e. The van der Waals surface area contributed by atoms with E-state index in [1.54, 1.807) is 0 Å². The first-order valence-electron chi connectivity index (χ1n) is 12.5. The fourth-order valence-electron chi connectivity index (χ4n) is 8.74. The quantitative estimate of drug-likeness (QED) is 0.484. The minimum Gasteiger partial charge on any atom is -0.378 e. The van der Waals surface area contributed by atoms with Crippen LogP contribution in [0.25, 0.3) is 0 Å². The van der Waals surface area contributed by atoms with Crippen molar-refractivity contribution in [2.75, 3.05) is 6.61 Å². The predicted octanol–water partition coefficient (Wildman–Crippen LogP) is 7.49. The summed E-state index contributed by atoms with van der Waals surface area (Å²) in [6.07, 6.45) is 16.5. The third-order valence-corrected chi connectivity index (χ3v) is 10.2. The summed E-state index contributed by atoms with van der Waals surface area (Å²) in [7, 11) is 0. The number of ether oxygens (including phenoxy) is 1. The summed E-state index contributed by atoms with van der Waals surface area (Å²) in [5.41, 5.74) is 1.13. The van der Waals surface area contributed by atoms with E-state index >= 15 is 0 Å². The molecule has 27 heavy (non-hydrogen) atoms. The molecule has 0 aromatic heterocycles. The first-order chi connectivity index (χ1) is 12.9. The molecular formula is C26H46O. The molecule has 0 N–H and O–H groups in total. The van der Waals surface area contributed by atoms with E-state index in [4.69, 9.17) is 4.74 Å². The van der Waals surface area contributed by atoms with Crippen LogP contribution in [0.5, 0.6) is 0 Å². The Morgan fingerprint density at radius 1 is 0.852 bits per heavy atom. The molecule has 0 bridgehead atoms. The highest BCUT2D eigenvalue weighted by Gasteiger charge is 2.60. The van der Waals surface area contributed by atoms with E-state index < -0.39 is 0 Å². The second-order valence-corrected chi connectivity index (χ2v) is 12.0. The van der Waals surface area contributed by atoms with Gasteiger partial charge >= 0.3 is 0 Å². The van der Waals surface area contributed by atoms with Crippen molar-refractivity contribution in [2.24, 2.45) is 46.3 Å². The Kier molecular flexibility index (Phi) is 5.74. The molecule has 1 heteroatoms. The molecule has 0 amide bonds. The molecule has 4 aliphatic rings. The molecule has 1 saturated heterocycles. The van der Waals surface area contributed by atoms with Crippen molar-refractivity contribution in [3.05, 3.63) is 0 Å². The molecule has 156 valence electrons. The van der Waals surface area contributed by atoms with Gasteiger partial charge in [-0.25, -0.2) is 0 Å². The Balaban J connectivity index is 1.46. The standard InChI is InChI=1S/C26H46O/c1-18(2)8-6-9-19(3)21-11-12-22-20-10-13-24-26(5,15-7-17-27-24)23(20)14-16-25(21,22)4/h18-24H,6-17H2,1-5H3/t19-,20+,21-,22-,23+,24+,25+,26+/m0/s1. The van der Waals surface area contributed by atoms with Crippen LogP contribution < -0.4 is 0 Å². The van der Waals surface area contributed by atoms with Gasteiger partial charge in [-0.2, -0.15) is 0 Å². The maximum absolute atomic E-state index is 6.29. The summed E-state index contributed by atoms with van der Waals surface area (Å²) in [5, 5.41) is 0. The lowest BCUT2D eigenvalue weighted by molar-refractivity contribution is -0.175. The molecule has 4 fully saturated rings. The van der Waals surface area contributed by atoms with E-state index in [-0.39, 0.29) is 0 Å². The lowest BCUT2D eigenvalue weighted by Gasteiger charge is -2.60. The number of hydrogen-bond donors (Lipinski definition) is 0. The fourth-order valence-corrected chi connectivity index (χ4v) is 8.74. The summed E-state index contributed by atoms with van der Waals surface area (Å²) >= 11 is 0. The van der Waals surface area contributed by atoms with Gasteiger partial charge in [-0.3, -0.25) is 0 Å². The van der Waals surface area contributed by atoms with Crippen molar-refractivity contribution in [2.45, 2.75) is 111 Å². The van der Waals surface area contributed by atoms with E-state index in [1.807, 2.05) is 0 Å². The van der Waals surface area contributed by atoms with Crippen molar-refractivity contribution in [1.82, 2.24) is 0 Å². The highest BCUT2D eigenvalue weighted by atomic mass is 16.5. The summed E-state index contributed by atoms with van der Waals surface area (Å²) in [6, 6.07) is 0. The van der Waals surface area contributed by atoms with Crippen LogP contribution in [0, 0.1) is 46.3 Å². The van der Waals surface area contributed by atoms with Gasteiger partial charge in [-0.15, -0.1) is 0 Å². The van der Waals surface area contributed by atoms with Gasteiger partial charge in [0.2, 0.25) is 0 Å². The highest BCUT2D eigenvalue weighted by Crippen LogP contribution is 2.67. The zero-order valence-corrected chi connectivity index (χ0v) is 18.9. The Labute approximate surface area is 169 Å². The maximum Gasteiger partial charge on any atom is 0.0631 e. The fraction of sp³-hybridized carbons (Fsp3) is 1.00. The van der Waals surface area contributed by atoms with Crippen LogP contribution in [0.3, 0.4) is 0 Å². The van der Waals surface area contributed by atoms with Gasteiger partial charge in [0.15, 0.2) is 0 Å². The molecular weight excluding hydrogens is 328 g/mol. The molecule has 0 aromatic rings. The van der Waals surface area contributed by atoms with Gasteiger partial charge in [-0.1, -0.05) is 53.9 Å². The smallest absolute Gasteiger partial charge is 0.0631 e. The molecule has 3 aliphatic carbocycles. The van der Waals surface area contributed by atoms with Crippen molar-refractivity contribution >= 4 is 0 Å². The van der Waals surface area contributed by atoms with Crippen LogP contribution in [0.2, 0.25) is 0 Å². The van der Waals surface area contributed by atoms with E-state index in [2.05, 4.69) is 34.6 Å². The van der Waals surface area contributed by atoms with Gasteiger partial charge in [0.1, 0.15) is 0 Å². The molecule has 1 nitrogen and oxygen atoms in total. The number of rotatable bonds is 5. The predicted molar refractivity (Wildman–Crippen MR) is 115 cm³/mol. The van der Waals surface area contributed by atoms with E-state index in [9.17, 15) is 0 Å². The summed E-state index contributed by atoms with van der Waals surface area (Å²) in [5.74, 6) is 5.75. The first-order valence-corrected chi connectivity index (χ1v) is 12.5. The van der Waals surface area contributed by atoms with Crippen LogP contribution in [0.4, 0.5) is 0 Å². The van der Waals surface area contributed by atoms with E-state index in [1.165, 1.54) is 70.6 Å². The normalized spacial score (nSPS) is 48.0. The van der Waals surface area contributed by atoms with Crippen LogP contribution in [-0.4, -0.2) is 12.7 Å². The van der Waals surface area contributed by atoms with Gasteiger partial charge in [-0.05, 0) is 97.7 Å². The van der Waals surface area contributed by atoms with Crippen molar-refractivity contribution in [3.8, 4) is 0 Å². The average molecular weight is 375 g/mol. The molecule has 4 rings (SSSR count). The van der Waals surface area contributed by atoms with Crippen molar-refractivity contribution < 1.29 is 4.74 Å². The molecule has 0 aromatic carbocycles. The van der Waals surface area contributed by atoms with Crippen LogP contribution in [0.1, 0.15) is 105 Å². The SMILES string of the molecule is CC(C)CCC[C@H](C)[C@@H]1CC[C@H]2[C@H]3CC[C@H]4OCCC[C@]4(C)[C@@H]3CC[C@@]21C. The monoisotopic (exact) mass is 374 g/mol. The molecule has 0 radical (unpaired) electrons. The second-order valence-electron chi connectivity index (χ2n) is 12.0. The Morgan fingerprint density at radius 3 is 2.41 bits per heavy atom. The minimum atomic E-state index is 0.490. The minimum absolute atomic E-state index is 0.490. The molecule has 1 heterocycles. The molecule has 3 saturated carbocycles. The summed E-state index contributed by atoms with van der Waals surface area (Å²) < 4.78 is 6.29. The topological polar surface area (TPSA) is 9.23 Å². The first kappa shape index (κ1) is 20.2. The molecule has 1 aliphatic heterocycles. The second kappa shape index (κ2) is 7.66. The average Bonchev–Trinajstić information content (AvgIpc) is 2.98. The number of fused-ring (bicyclic) bond motifs is 5. The third kappa shape index (κ3) is 3.43. The number of hydrogen-bond acceptors (Lipinski definition) is 1. The van der Waals surface area contributed by atoms with Crippen molar-refractivity contribution in [3.63, 3.8) is 0 Å². The zero-order chi connectivity index (χ0) is 19.2. The van der Waals surface area contributed by atoms with Crippen LogP contribution in [-0.2, 0) is 4.74 Å². The molecule has 0 spiro atoms. The van der Waals surface area contributed by atoms with Crippen LogP contribution >= 0.6 is 0 Å². The Bertz CT molecular complexity index is 512. The van der Waals surface area contributed by atoms with Crippen molar-refractivity contribution in [1.29, 1.82) is 0 Å². The molecule has 8 atom stereocenters.